The fourth-order valence-corrected chi connectivity index (χ4v) is 5.56. The molecule has 3 nitrogen and oxygen atoms in total. The van der Waals surface area contributed by atoms with Crippen molar-refractivity contribution in [2.45, 2.75) is 51.4 Å². The predicted molar refractivity (Wildman–Crippen MR) is 97.9 cm³/mol. The van der Waals surface area contributed by atoms with Gasteiger partial charge >= 0.3 is 0 Å². The van der Waals surface area contributed by atoms with Gasteiger partial charge in [-0.15, -0.1) is 23.7 Å². The number of rotatable bonds is 1. The highest BCUT2D eigenvalue weighted by Crippen LogP contribution is 2.38. The Kier molecular flexibility index (Phi) is 5.34. The van der Waals surface area contributed by atoms with Crippen molar-refractivity contribution >= 4 is 29.7 Å². The Bertz CT molecular complexity index is 532. The van der Waals surface area contributed by atoms with Crippen molar-refractivity contribution in [2.75, 3.05) is 26.2 Å². The van der Waals surface area contributed by atoms with Gasteiger partial charge in [0.15, 0.2) is 0 Å². The number of hydrogen-bond donors (Lipinski definition) is 1. The second kappa shape index (κ2) is 7.12. The van der Waals surface area contributed by atoms with Crippen LogP contribution >= 0.6 is 23.7 Å². The largest absolute Gasteiger partial charge is 0.338 e. The molecule has 4 rings (SSSR count). The summed E-state index contributed by atoms with van der Waals surface area (Å²) in [6, 6.07) is 2.20. The third-order valence-electron chi connectivity index (χ3n) is 5.90. The number of fused-ring (bicyclic) bond motifs is 1. The van der Waals surface area contributed by atoms with Gasteiger partial charge in [-0.25, -0.2) is 0 Å². The highest BCUT2D eigenvalue weighted by Gasteiger charge is 2.38. The first kappa shape index (κ1) is 17.2. The van der Waals surface area contributed by atoms with Crippen LogP contribution in [0.1, 0.15) is 58.6 Å². The maximum absolute atomic E-state index is 12.8. The summed E-state index contributed by atoms with van der Waals surface area (Å²) in [6.45, 7) is 4.21. The van der Waals surface area contributed by atoms with E-state index in [2.05, 4.69) is 16.3 Å². The standard InChI is InChI=1S/C18H26N2OS.ClH/c21-17(16-12-14-4-2-1-3-5-15(14)22-16)20-10-7-18(8-11-20)6-9-19-13-18;/h12,19H,1-11,13H2;1H. The normalized spacial score (nSPS) is 23.2. The van der Waals surface area contributed by atoms with Gasteiger partial charge in [0, 0.05) is 24.5 Å². The van der Waals surface area contributed by atoms with Crippen molar-refractivity contribution < 1.29 is 4.79 Å². The lowest BCUT2D eigenvalue weighted by atomic mass is 9.78. The van der Waals surface area contributed by atoms with Gasteiger partial charge in [0.2, 0.25) is 0 Å². The summed E-state index contributed by atoms with van der Waals surface area (Å²) in [6.07, 6.45) is 9.93. The van der Waals surface area contributed by atoms with E-state index in [9.17, 15) is 4.79 Å². The van der Waals surface area contributed by atoms with E-state index < -0.39 is 0 Å². The van der Waals surface area contributed by atoms with Gasteiger partial charge in [-0.05, 0) is 68.5 Å². The van der Waals surface area contributed by atoms with E-state index in [1.807, 2.05) is 0 Å². The average Bonchev–Trinajstić information content (AvgIpc) is 3.10. The van der Waals surface area contributed by atoms with Crippen LogP contribution in [0, 0.1) is 5.41 Å². The lowest BCUT2D eigenvalue weighted by molar-refractivity contribution is 0.0612. The van der Waals surface area contributed by atoms with Gasteiger partial charge in [0.25, 0.3) is 5.91 Å². The number of thiophene rings is 1. The van der Waals surface area contributed by atoms with Crippen LogP contribution in [-0.4, -0.2) is 37.0 Å². The lowest BCUT2D eigenvalue weighted by Crippen LogP contribution is -2.43. The van der Waals surface area contributed by atoms with Crippen LogP contribution < -0.4 is 5.32 Å². The maximum Gasteiger partial charge on any atom is 0.263 e. The molecule has 1 aromatic rings. The van der Waals surface area contributed by atoms with E-state index in [1.54, 1.807) is 11.3 Å². The molecule has 0 atom stereocenters. The van der Waals surface area contributed by atoms with Gasteiger partial charge in [-0.1, -0.05) is 6.42 Å². The Morgan fingerprint density at radius 3 is 2.65 bits per heavy atom. The summed E-state index contributed by atoms with van der Waals surface area (Å²) in [5.41, 5.74) is 1.95. The zero-order chi connectivity index (χ0) is 15.0. The molecule has 3 aliphatic rings. The average molecular weight is 355 g/mol. The lowest BCUT2D eigenvalue weighted by Gasteiger charge is -2.38. The molecule has 2 aliphatic heterocycles. The van der Waals surface area contributed by atoms with E-state index in [0.717, 1.165) is 31.1 Å². The molecular formula is C18H27ClN2OS. The van der Waals surface area contributed by atoms with Crippen LogP contribution in [0.2, 0.25) is 0 Å². The Morgan fingerprint density at radius 1 is 1.13 bits per heavy atom. The summed E-state index contributed by atoms with van der Waals surface area (Å²) in [5.74, 6) is 0.291. The third-order valence-corrected chi connectivity index (χ3v) is 7.13. The van der Waals surface area contributed by atoms with Crippen molar-refractivity contribution in [2.24, 2.45) is 5.41 Å². The number of nitrogens with zero attached hydrogens (tertiary/aromatic N) is 1. The first-order valence-electron chi connectivity index (χ1n) is 8.87. The highest BCUT2D eigenvalue weighted by molar-refractivity contribution is 7.14. The fraction of sp³-hybridized carbons (Fsp3) is 0.722. The van der Waals surface area contributed by atoms with Crippen molar-refractivity contribution in [3.63, 3.8) is 0 Å². The number of amides is 1. The van der Waals surface area contributed by atoms with Crippen LogP contribution in [0.4, 0.5) is 0 Å². The number of hydrogen-bond acceptors (Lipinski definition) is 3. The number of piperidine rings is 1. The minimum atomic E-state index is 0. The molecule has 1 aromatic heterocycles. The first-order valence-corrected chi connectivity index (χ1v) is 9.69. The maximum atomic E-state index is 12.8. The summed E-state index contributed by atoms with van der Waals surface area (Å²) in [5, 5.41) is 3.50. The molecule has 2 saturated heterocycles. The molecule has 0 radical (unpaired) electrons. The second-order valence-corrected chi connectivity index (χ2v) is 8.48. The molecule has 1 amide bonds. The van der Waals surface area contributed by atoms with Gasteiger partial charge < -0.3 is 10.2 Å². The van der Waals surface area contributed by atoms with Crippen LogP contribution in [0.5, 0.6) is 0 Å². The second-order valence-electron chi connectivity index (χ2n) is 7.34. The fourth-order valence-electron chi connectivity index (χ4n) is 4.34. The molecule has 1 spiro atoms. The molecule has 0 bridgehead atoms. The first-order chi connectivity index (χ1) is 10.8. The summed E-state index contributed by atoms with van der Waals surface area (Å²) < 4.78 is 0. The number of carbonyl (C=O) groups excluding carboxylic acids is 1. The number of carbonyl (C=O) groups is 1. The SMILES string of the molecule is Cl.O=C(c1cc2c(s1)CCCCC2)N1CCC2(CCNC2)CC1. The molecule has 5 heteroatoms. The topological polar surface area (TPSA) is 32.3 Å². The number of aryl methyl sites for hydroxylation is 2. The van der Waals surface area contributed by atoms with Crippen LogP contribution in [0.15, 0.2) is 6.07 Å². The molecule has 2 fully saturated rings. The summed E-state index contributed by atoms with van der Waals surface area (Å²) in [7, 11) is 0. The molecular weight excluding hydrogens is 328 g/mol. The Balaban J connectivity index is 0.00000156. The number of halogens is 1. The molecule has 0 saturated carbocycles. The van der Waals surface area contributed by atoms with Gasteiger partial charge in [-0.3, -0.25) is 4.79 Å². The summed E-state index contributed by atoms with van der Waals surface area (Å²) in [4.78, 5) is 17.4. The predicted octanol–water partition coefficient (Wildman–Crippen LogP) is 3.65. The van der Waals surface area contributed by atoms with E-state index in [1.165, 1.54) is 61.8 Å². The van der Waals surface area contributed by atoms with E-state index >= 15 is 0 Å². The van der Waals surface area contributed by atoms with Crippen molar-refractivity contribution in [3.05, 3.63) is 21.4 Å². The van der Waals surface area contributed by atoms with Gasteiger partial charge in [0.1, 0.15) is 0 Å². The minimum absolute atomic E-state index is 0. The van der Waals surface area contributed by atoms with Crippen LogP contribution in [-0.2, 0) is 12.8 Å². The minimum Gasteiger partial charge on any atom is -0.338 e. The number of likely N-dealkylation sites (tertiary alicyclic amines) is 1. The molecule has 128 valence electrons. The summed E-state index contributed by atoms with van der Waals surface area (Å²) >= 11 is 1.77. The molecule has 3 heterocycles. The Morgan fingerprint density at radius 2 is 1.91 bits per heavy atom. The van der Waals surface area contributed by atoms with E-state index in [-0.39, 0.29) is 12.4 Å². The molecule has 0 aromatic carbocycles. The molecule has 1 aliphatic carbocycles. The van der Waals surface area contributed by atoms with Crippen molar-refractivity contribution in [3.8, 4) is 0 Å². The molecule has 0 unspecified atom stereocenters. The van der Waals surface area contributed by atoms with Crippen molar-refractivity contribution in [1.82, 2.24) is 10.2 Å². The Labute approximate surface area is 149 Å². The highest BCUT2D eigenvalue weighted by atomic mass is 35.5. The zero-order valence-corrected chi connectivity index (χ0v) is 15.4. The number of nitrogens with one attached hydrogen (secondary N) is 1. The monoisotopic (exact) mass is 354 g/mol. The zero-order valence-electron chi connectivity index (χ0n) is 13.7. The smallest absolute Gasteiger partial charge is 0.263 e. The quantitative estimate of drug-likeness (QED) is 0.781. The third kappa shape index (κ3) is 3.45. The van der Waals surface area contributed by atoms with E-state index in [4.69, 9.17) is 0 Å². The molecule has 23 heavy (non-hydrogen) atoms. The van der Waals surface area contributed by atoms with E-state index in [0.29, 0.717) is 11.3 Å². The van der Waals surface area contributed by atoms with Crippen LogP contribution in [0.25, 0.3) is 0 Å². The van der Waals surface area contributed by atoms with Crippen molar-refractivity contribution in [1.29, 1.82) is 0 Å². The van der Waals surface area contributed by atoms with Gasteiger partial charge in [0.05, 0.1) is 4.88 Å². The Hall–Kier alpha value is -0.580. The van der Waals surface area contributed by atoms with Gasteiger partial charge in [-0.2, -0.15) is 0 Å². The van der Waals surface area contributed by atoms with Crippen LogP contribution in [0.3, 0.4) is 0 Å². The molecule has 1 N–H and O–H groups in total.